The summed E-state index contributed by atoms with van der Waals surface area (Å²) in [5.74, 6) is 0.262. The molecule has 0 bridgehead atoms. The molecular weight excluding hydrogens is 264 g/mol. The van der Waals surface area contributed by atoms with Crippen molar-refractivity contribution >= 4 is 5.97 Å². The van der Waals surface area contributed by atoms with Crippen molar-refractivity contribution in [3.05, 3.63) is 28.8 Å². The van der Waals surface area contributed by atoms with Crippen LogP contribution in [0.3, 0.4) is 0 Å². The highest BCUT2D eigenvalue weighted by Gasteiger charge is 2.48. The third-order valence-electron chi connectivity index (χ3n) is 5.18. The largest absolute Gasteiger partial charge is 0.490 e. The van der Waals surface area contributed by atoms with Crippen molar-refractivity contribution in [3.63, 3.8) is 0 Å². The highest BCUT2D eigenvalue weighted by molar-refractivity contribution is 5.71. The molecule has 0 heterocycles. The van der Waals surface area contributed by atoms with Gasteiger partial charge >= 0.3 is 5.97 Å². The molecule has 2 aliphatic carbocycles. The van der Waals surface area contributed by atoms with Crippen molar-refractivity contribution in [1.29, 1.82) is 0 Å². The minimum Gasteiger partial charge on any atom is -0.490 e. The number of carboxylic acid groups (broad SMARTS) is 1. The molecule has 1 aromatic carbocycles. The maximum Gasteiger partial charge on any atom is 0.304 e. The van der Waals surface area contributed by atoms with Gasteiger partial charge in [-0.1, -0.05) is 12.1 Å². The van der Waals surface area contributed by atoms with Gasteiger partial charge in [0.1, 0.15) is 5.75 Å². The number of carbonyl (C=O) groups is 1. The van der Waals surface area contributed by atoms with Crippen LogP contribution in [-0.2, 0) is 10.2 Å². The zero-order chi connectivity index (χ0) is 15.0. The molecule has 2 saturated carbocycles. The standard InChI is InChI=1S/C18H24O3/c1-12-7-8-15(18(9-10-18)11-16(19)20)17(13(12)2)21-14-5-3-4-6-14/h7-8,14H,3-6,9-11H2,1-2H3,(H,19,20). The van der Waals surface area contributed by atoms with Crippen LogP contribution < -0.4 is 4.74 Å². The van der Waals surface area contributed by atoms with Gasteiger partial charge < -0.3 is 9.84 Å². The summed E-state index contributed by atoms with van der Waals surface area (Å²) in [6.07, 6.45) is 7.18. The van der Waals surface area contributed by atoms with Crippen molar-refractivity contribution < 1.29 is 14.6 Å². The first-order chi connectivity index (χ1) is 10.0. The number of ether oxygens (including phenoxy) is 1. The molecule has 3 heteroatoms. The molecule has 0 aliphatic heterocycles. The normalized spacial score (nSPS) is 20.5. The van der Waals surface area contributed by atoms with E-state index in [0.717, 1.165) is 37.0 Å². The Balaban J connectivity index is 1.95. The summed E-state index contributed by atoms with van der Waals surface area (Å²) in [6, 6.07) is 4.21. The van der Waals surface area contributed by atoms with E-state index in [0.29, 0.717) is 6.10 Å². The first kappa shape index (κ1) is 14.4. The van der Waals surface area contributed by atoms with E-state index < -0.39 is 5.97 Å². The van der Waals surface area contributed by atoms with Crippen molar-refractivity contribution in [2.45, 2.75) is 70.3 Å². The average molecular weight is 288 g/mol. The molecule has 21 heavy (non-hydrogen) atoms. The number of hydrogen-bond donors (Lipinski definition) is 1. The van der Waals surface area contributed by atoms with E-state index in [1.807, 2.05) is 0 Å². The first-order valence-electron chi connectivity index (χ1n) is 8.01. The van der Waals surface area contributed by atoms with Crippen LogP contribution >= 0.6 is 0 Å². The van der Waals surface area contributed by atoms with E-state index >= 15 is 0 Å². The smallest absolute Gasteiger partial charge is 0.304 e. The van der Waals surface area contributed by atoms with Crippen LogP contribution in [0, 0.1) is 13.8 Å². The maximum absolute atomic E-state index is 11.2. The minimum absolute atomic E-state index is 0.182. The molecule has 1 aromatic rings. The molecule has 3 rings (SSSR count). The monoisotopic (exact) mass is 288 g/mol. The number of carboxylic acids is 1. The van der Waals surface area contributed by atoms with Crippen LogP contribution in [0.4, 0.5) is 0 Å². The number of hydrogen-bond acceptors (Lipinski definition) is 2. The van der Waals surface area contributed by atoms with Crippen LogP contribution in [0.15, 0.2) is 12.1 Å². The summed E-state index contributed by atoms with van der Waals surface area (Å²) in [5.41, 5.74) is 3.34. The zero-order valence-corrected chi connectivity index (χ0v) is 12.9. The van der Waals surface area contributed by atoms with E-state index in [4.69, 9.17) is 4.74 Å². The molecule has 1 N–H and O–H groups in total. The Hall–Kier alpha value is -1.51. The molecule has 2 fully saturated rings. The molecule has 0 spiro atoms. The number of rotatable bonds is 5. The van der Waals surface area contributed by atoms with Crippen molar-refractivity contribution in [1.82, 2.24) is 0 Å². The quantitative estimate of drug-likeness (QED) is 0.886. The fourth-order valence-electron chi connectivity index (χ4n) is 3.51. The van der Waals surface area contributed by atoms with Gasteiger partial charge in [0.05, 0.1) is 12.5 Å². The summed E-state index contributed by atoms with van der Waals surface area (Å²) >= 11 is 0. The molecule has 3 nitrogen and oxygen atoms in total. The van der Waals surface area contributed by atoms with Gasteiger partial charge in [-0.15, -0.1) is 0 Å². The fourth-order valence-corrected chi connectivity index (χ4v) is 3.51. The van der Waals surface area contributed by atoms with E-state index in [9.17, 15) is 9.90 Å². The van der Waals surface area contributed by atoms with Crippen LogP contribution in [0.25, 0.3) is 0 Å². The Morgan fingerprint density at radius 2 is 1.95 bits per heavy atom. The lowest BCUT2D eigenvalue weighted by atomic mass is 9.89. The number of benzene rings is 1. The average Bonchev–Trinajstić information content (AvgIpc) is 3.00. The Labute approximate surface area is 126 Å². The third kappa shape index (κ3) is 2.78. The molecule has 0 aromatic heterocycles. The van der Waals surface area contributed by atoms with E-state index in [-0.39, 0.29) is 11.8 Å². The fraction of sp³-hybridized carbons (Fsp3) is 0.611. The van der Waals surface area contributed by atoms with Crippen LogP contribution in [0.2, 0.25) is 0 Å². The lowest BCUT2D eigenvalue weighted by Crippen LogP contribution is -2.19. The van der Waals surface area contributed by atoms with Crippen molar-refractivity contribution in [2.75, 3.05) is 0 Å². The summed E-state index contributed by atoms with van der Waals surface area (Å²) in [6.45, 7) is 4.19. The van der Waals surface area contributed by atoms with Gasteiger partial charge in [0, 0.05) is 11.0 Å². The molecular formula is C18H24O3. The van der Waals surface area contributed by atoms with Gasteiger partial charge in [-0.3, -0.25) is 4.79 Å². The predicted molar refractivity (Wildman–Crippen MR) is 82.0 cm³/mol. The first-order valence-corrected chi connectivity index (χ1v) is 8.01. The van der Waals surface area contributed by atoms with Crippen molar-refractivity contribution in [3.8, 4) is 5.75 Å². The summed E-state index contributed by atoms with van der Waals surface area (Å²) in [7, 11) is 0. The van der Waals surface area contributed by atoms with E-state index in [1.54, 1.807) is 0 Å². The molecule has 114 valence electrons. The molecule has 2 aliphatic rings. The predicted octanol–water partition coefficient (Wildman–Crippen LogP) is 4.13. The Morgan fingerprint density at radius 3 is 2.52 bits per heavy atom. The van der Waals surface area contributed by atoms with Gasteiger partial charge in [-0.05, 0) is 63.5 Å². The van der Waals surface area contributed by atoms with E-state index in [2.05, 4.69) is 26.0 Å². The Kier molecular flexibility index (Phi) is 3.68. The highest BCUT2D eigenvalue weighted by Crippen LogP contribution is 2.55. The summed E-state index contributed by atoms with van der Waals surface area (Å²) in [5, 5.41) is 9.21. The Morgan fingerprint density at radius 1 is 1.29 bits per heavy atom. The topological polar surface area (TPSA) is 46.5 Å². The Bertz CT molecular complexity index is 552. The second-order valence-electron chi connectivity index (χ2n) is 6.76. The maximum atomic E-state index is 11.2. The van der Waals surface area contributed by atoms with Gasteiger partial charge in [-0.25, -0.2) is 0 Å². The van der Waals surface area contributed by atoms with Gasteiger partial charge in [-0.2, -0.15) is 0 Å². The van der Waals surface area contributed by atoms with Crippen LogP contribution in [0.1, 0.15) is 61.6 Å². The zero-order valence-electron chi connectivity index (χ0n) is 12.9. The SMILES string of the molecule is Cc1ccc(C2(CC(=O)O)CC2)c(OC2CCCC2)c1C. The van der Waals surface area contributed by atoms with Crippen LogP contribution in [-0.4, -0.2) is 17.2 Å². The second kappa shape index (κ2) is 5.36. The molecule has 0 atom stereocenters. The molecule has 0 amide bonds. The number of aliphatic carboxylic acids is 1. The van der Waals surface area contributed by atoms with Gasteiger partial charge in [0.25, 0.3) is 0 Å². The highest BCUT2D eigenvalue weighted by atomic mass is 16.5. The van der Waals surface area contributed by atoms with Crippen LogP contribution in [0.5, 0.6) is 5.75 Å². The number of aryl methyl sites for hydroxylation is 1. The lowest BCUT2D eigenvalue weighted by Gasteiger charge is -2.24. The summed E-state index contributed by atoms with van der Waals surface area (Å²) in [4.78, 5) is 11.2. The van der Waals surface area contributed by atoms with Crippen molar-refractivity contribution in [2.24, 2.45) is 0 Å². The third-order valence-corrected chi connectivity index (χ3v) is 5.18. The molecule has 0 radical (unpaired) electrons. The van der Waals surface area contributed by atoms with Gasteiger partial charge in [0.15, 0.2) is 0 Å². The minimum atomic E-state index is -0.711. The van der Waals surface area contributed by atoms with E-state index in [1.165, 1.54) is 24.0 Å². The molecule has 0 saturated heterocycles. The molecule has 0 unspecified atom stereocenters. The van der Waals surface area contributed by atoms with Gasteiger partial charge in [0.2, 0.25) is 0 Å². The second-order valence-corrected chi connectivity index (χ2v) is 6.76. The lowest BCUT2D eigenvalue weighted by molar-refractivity contribution is -0.137. The summed E-state index contributed by atoms with van der Waals surface area (Å²) < 4.78 is 6.33.